The van der Waals surface area contributed by atoms with Crippen molar-refractivity contribution in [3.8, 4) is 0 Å². The predicted octanol–water partition coefficient (Wildman–Crippen LogP) is -0.264. The summed E-state index contributed by atoms with van der Waals surface area (Å²) in [6.45, 7) is 3.66. The summed E-state index contributed by atoms with van der Waals surface area (Å²) in [6.07, 6.45) is 2.98. The molecule has 2 rings (SSSR count). The summed E-state index contributed by atoms with van der Waals surface area (Å²) in [4.78, 5) is 22.0. The second kappa shape index (κ2) is 5.09. The largest absolute Gasteiger partial charge is 0.365 e. The summed E-state index contributed by atoms with van der Waals surface area (Å²) >= 11 is 0. The van der Waals surface area contributed by atoms with E-state index in [0.717, 1.165) is 18.1 Å². The molecule has 1 aromatic rings. The number of hydrogen-bond donors (Lipinski definition) is 1. The van der Waals surface area contributed by atoms with Gasteiger partial charge in [-0.25, -0.2) is 4.98 Å². The van der Waals surface area contributed by atoms with Crippen LogP contribution in [0.5, 0.6) is 0 Å². The summed E-state index contributed by atoms with van der Waals surface area (Å²) in [6, 6.07) is 0. The molecule has 1 unspecified atom stereocenters. The molecule has 6 heteroatoms. The maximum absolute atomic E-state index is 11.5. The number of amides is 1. The second-order valence-electron chi connectivity index (χ2n) is 3.94. The number of aryl methyl sites for hydroxylation is 1. The normalized spacial score (nSPS) is 20.1. The summed E-state index contributed by atoms with van der Waals surface area (Å²) in [5.41, 5.74) is 0.866. The van der Waals surface area contributed by atoms with Crippen LogP contribution in [0, 0.1) is 6.92 Å². The molecule has 1 amide bonds. The Morgan fingerprint density at radius 2 is 2.41 bits per heavy atom. The second-order valence-corrected chi connectivity index (χ2v) is 3.94. The topological polar surface area (TPSA) is 67.4 Å². The highest BCUT2D eigenvalue weighted by Gasteiger charge is 2.26. The molecule has 0 aliphatic carbocycles. The number of anilines is 1. The Labute approximate surface area is 100 Å². The maximum Gasteiger partial charge on any atom is 0.250 e. The van der Waals surface area contributed by atoms with Crippen molar-refractivity contribution in [2.45, 2.75) is 13.0 Å². The Morgan fingerprint density at radius 3 is 3.12 bits per heavy atom. The van der Waals surface area contributed by atoms with Crippen LogP contribution >= 0.6 is 0 Å². The smallest absolute Gasteiger partial charge is 0.250 e. The molecule has 92 valence electrons. The number of morpholine rings is 1. The Bertz CT molecular complexity index is 410. The fourth-order valence-corrected chi connectivity index (χ4v) is 1.78. The van der Waals surface area contributed by atoms with Crippen LogP contribution in [0.3, 0.4) is 0 Å². The molecular formula is C11H16N4O2. The van der Waals surface area contributed by atoms with E-state index in [2.05, 4.69) is 15.3 Å². The third kappa shape index (κ3) is 2.71. The lowest BCUT2D eigenvalue weighted by Crippen LogP contribution is -2.49. The Morgan fingerprint density at radius 1 is 1.59 bits per heavy atom. The SMILES string of the molecule is CNC(=O)C1CN(c2cncc(C)n2)CCO1. The van der Waals surface area contributed by atoms with Crippen molar-refractivity contribution in [2.24, 2.45) is 0 Å². The van der Waals surface area contributed by atoms with E-state index in [4.69, 9.17) is 4.74 Å². The molecule has 0 saturated carbocycles. The van der Waals surface area contributed by atoms with Crippen molar-refractivity contribution < 1.29 is 9.53 Å². The van der Waals surface area contributed by atoms with Gasteiger partial charge in [-0.2, -0.15) is 0 Å². The van der Waals surface area contributed by atoms with Crippen LogP contribution in [0.4, 0.5) is 5.82 Å². The molecule has 0 radical (unpaired) electrons. The van der Waals surface area contributed by atoms with Gasteiger partial charge >= 0.3 is 0 Å². The van der Waals surface area contributed by atoms with Gasteiger partial charge in [0.05, 0.1) is 25.0 Å². The third-order valence-electron chi connectivity index (χ3n) is 2.67. The van der Waals surface area contributed by atoms with Gasteiger partial charge in [0.2, 0.25) is 0 Å². The lowest BCUT2D eigenvalue weighted by atomic mass is 10.2. The zero-order chi connectivity index (χ0) is 12.3. The molecule has 1 aromatic heterocycles. The highest BCUT2D eigenvalue weighted by molar-refractivity contribution is 5.81. The van der Waals surface area contributed by atoms with E-state index in [-0.39, 0.29) is 5.91 Å². The summed E-state index contributed by atoms with van der Waals surface area (Å²) < 4.78 is 5.41. The summed E-state index contributed by atoms with van der Waals surface area (Å²) in [5, 5.41) is 2.59. The standard InChI is InChI=1S/C11H16N4O2/c1-8-5-13-6-10(14-8)15-3-4-17-9(7-15)11(16)12-2/h5-6,9H,3-4,7H2,1-2H3,(H,12,16). The van der Waals surface area contributed by atoms with Crippen LogP contribution in [0.15, 0.2) is 12.4 Å². The quantitative estimate of drug-likeness (QED) is 0.766. The van der Waals surface area contributed by atoms with Gasteiger partial charge in [-0.05, 0) is 6.92 Å². The van der Waals surface area contributed by atoms with E-state index in [1.54, 1.807) is 19.4 Å². The molecule has 2 heterocycles. The van der Waals surface area contributed by atoms with Gasteiger partial charge in [-0.3, -0.25) is 9.78 Å². The molecule has 1 aliphatic heterocycles. The lowest BCUT2D eigenvalue weighted by Gasteiger charge is -2.32. The third-order valence-corrected chi connectivity index (χ3v) is 2.67. The van der Waals surface area contributed by atoms with E-state index in [0.29, 0.717) is 13.2 Å². The van der Waals surface area contributed by atoms with Gasteiger partial charge in [0.25, 0.3) is 5.91 Å². The van der Waals surface area contributed by atoms with Gasteiger partial charge in [-0.15, -0.1) is 0 Å². The lowest BCUT2D eigenvalue weighted by molar-refractivity contribution is -0.132. The monoisotopic (exact) mass is 236 g/mol. The van der Waals surface area contributed by atoms with Gasteiger partial charge < -0.3 is 15.0 Å². The van der Waals surface area contributed by atoms with Crippen LogP contribution in [0.25, 0.3) is 0 Å². The minimum absolute atomic E-state index is 0.102. The maximum atomic E-state index is 11.5. The average Bonchev–Trinajstić information content (AvgIpc) is 2.38. The van der Waals surface area contributed by atoms with Crippen LogP contribution in [0.2, 0.25) is 0 Å². The van der Waals surface area contributed by atoms with Crippen molar-refractivity contribution in [1.29, 1.82) is 0 Å². The molecule has 1 aliphatic rings. The Hall–Kier alpha value is -1.69. The van der Waals surface area contributed by atoms with Crippen LogP contribution in [-0.4, -0.2) is 48.7 Å². The molecule has 1 N–H and O–H groups in total. The minimum Gasteiger partial charge on any atom is -0.365 e. The molecule has 1 atom stereocenters. The molecule has 17 heavy (non-hydrogen) atoms. The molecule has 1 saturated heterocycles. The summed E-state index contributed by atoms with van der Waals surface area (Å²) in [7, 11) is 1.61. The number of carbonyl (C=O) groups excluding carboxylic acids is 1. The van der Waals surface area contributed by atoms with Crippen molar-refractivity contribution in [3.05, 3.63) is 18.1 Å². The first kappa shape index (κ1) is 11.8. The van der Waals surface area contributed by atoms with E-state index < -0.39 is 6.10 Å². The zero-order valence-electron chi connectivity index (χ0n) is 10.0. The number of nitrogens with one attached hydrogen (secondary N) is 1. The number of nitrogens with zero attached hydrogens (tertiary/aromatic N) is 3. The highest BCUT2D eigenvalue weighted by Crippen LogP contribution is 2.14. The highest BCUT2D eigenvalue weighted by atomic mass is 16.5. The first-order valence-electron chi connectivity index (χ1n) is 5.57. The van der Waals surface area contributed by atoms with Crippen molar-refractivity contribution in [3.63, 3.8) is 0 Å². The van der Waals surface area contributed by atoms with E-state index in [1.807, 2.05) is 11.8 Å². The number of hydrogen-bond acceptors (Lipinski definition) is 5. The van der Waals surface area contributed by atoms with Crippen LogP contribution in [0.1, 0.15) is 5.69 Å². The van der Waals surface area contributed by atoms with Gasteiger partial charge in [-0.1, -0.05) is 0 Å². The molecule has 0 bridgehead atoms. The van der Waals surface area contributed by atoms with Crippen molar-refractivity contribution >= 4 is 11.7 Å². The van der Waals surface area contributed by atoms with Gasteiger partial charge in [0.1, 0.15) is 5.82 Å². The fraction of sp³-hybridized carbons (Fsp3) is 0.545. The fourth-order valence-electron chi connectivity index (χ4n) is 1.78. The molecular weight excluding hydrogens is 220 g/mol. The van der Waals surface area contributed by atoms with Crippen LogP contribution < -0.4 is 10.2 Å². The minimum atomic E-state index is -0.434. The molecule has 6 nitrogen and oxygen atoms in total. The zero-order valence-corrected chi connectivity index (χ0v) is 10.0. The van der Waals surface area contributed by atoms with Gasteiger partial charge in [0.15, 0.2) is 6.10 Å². The molecule has 0 spiro atoms. The number of aromatic nitrogens is 2. The van der Waals surface area contributed by atoms with Gasteiger partial charge in [0, 0.05) is 19.8 Å². The first-order chi connectivity index (χ1) is 8.20. The Kier molecular flexibility index (Phi) is 3.53. The van der Waals surface area contributed by atoms with Crippen molar-refractivity contribution in [2.75, 3.05) is 31.6 Å². The predicted molar refractivity (Wildman–Crippen MR) is 62.8 cm³/mol. The van der Waals surface area contributed by atoms with Crippen molar-refractivity contribution in [1.82, 2.24) is 15.3 Å². The van der Waals surface area contributed by atoms with Crippen LogP contribution in [-0.2, 0) is 9.53 Å². The van der Waals surface area contributed by atoms with E-state index in [1.165, 1.54) is 0 Å². The number of ether oxygens (including phenoxy) is 1. The first-order valence-corrected chi connectivity index (χ1v) is 5.57. The summed E-state index contributed by atoms with van der Waals surface area (Å²) in [5.74, 6) is 0.692. The number of carbonyl (C=O) groups is 1. The number of likely N-dealkylation sites (N-methyl/N-ethyl adjacent to an activating group) is 1. The Balaban J connectivity index is 2.09. The number of rotatable bonds is 2. The average molecular weight is 236 g/mol. The van der Waals surface area contributed by atoms with E-state index >= 15 is 0 Å². The molecule has 1 fully saturated rings. The molecule has 0 aromatic carbocycles. The van der Waals surface area contributed by atoms with E-state index in [9.17, 15) is 4.79 Å².